The van der Waals surface area contributed by atoms with Gasteiger partial charge in [0.1, 0.15) is 5.78 Å². The number of ketones is 1. The van der Waals surface area contributed by atoms with Crippen LogP contribution in [-0.2, 0) is 4.79 Å². The van der Waals surface area contributed by atoms with Gasteiger partial charge in [-0.1, -0.05) is 13.8 Å². The SMILES string of the molecule is CC(=O)CCN1CC(C)SC(C)C1. The van der Waals surface area contributed by atoms with Gasteiger partial charge < -0.3 is 4.90 Å². The summed E-state index contributed by atoms with van der Waals surface area (Å²) in [6, 6.07) is 0. The maximum Gasteiger partial charge on any atom is 0.131 e. The lowest BCUT2D eigenvalue weighted by atomic mass is 10.2. The summed E-state index contributed by atoms with van der Waals surface area (Å²) in [6.07, 6.45) is 0.712. The van der Waals surface area contributed by atoms with Crippen LogP contribution in [0.15, 0.2) is 0 Å². The monoisotopic (exact) mass is 201 g/mol. The summed E-state index contributed by atoms with van der Waals surface area (Å²) in [5.41, 5.74) is 0. The molecule has 76 valence electrons. The van der Waals surface area contributed by atoms with Gasteiger partial charge in [0.25, 0.3) is 0 Å². The molecule has 1 saturated heterocycles. The van der Waals surface area contributed by atoms with Crippen molar-refractivity contribution < 1.29 is 4.79 Å². The molecule has 3 heteroatoms. The first-order chi connectivity index (χ1) is 6.08. The van der Waals surface area contributed by atoms with E-state index >= 15 is 0 Å². The molecule has 1 aliphatic rings. The minimum Gasteiger partial charge on any atom is -0.301 e. The van der Waals surface area contributed by atoms with Crippen molar-refractivity contribution >= 4 is 17.5 Å². The van der Waals surface area contributed by atoms with Crippen LogP contribution < -0.4 is 0 Å². The first kappa shape index (κ1) is 11.1. The number of hydrogen-bond acceptors (Lipinski definition) is 3. The highest BCUT2D eigenvalue weighted by Gasteiger charge is 2.21. The van der Waals surface area contributed by atoms with Gasteiger partial charge in [-0.2, -0.15) is 11.8 Å². The summed E-state index contributed by atoms with van der Waals surface area (Å²) in [6.45, 7) is 9.43. The highest BCUT2D eigenvalue weighted by Crippen LogP contribution is 2.24. The molecule has 1 heterocycles. The third-order valence-electron chi connectivity index (χ3n) is 2.28. The van der Waals surface area contributed by atoms with Crippen molar-refractivity contribution in [2.75, 3.05) is 19.6 Å². The van der Waals surface area contributed by atoms with Crippen LogP contribution in [0.5, 0.6) is 0 Å². The highest BCUT2D eigenvalue weighted by atomic mass is 32.2. The van der Waals surface area contributed by atoms with Gasteiger partial charge in [0.2, 0.25) is 0 Å². The minimum absolute atomic E-state index is 0.304. The van der Waals surface area contributed by atoms with E-state index in [0.29, 0.717) is 12.2 Å². The van der Waals surface area contributed by atoms with E-state index in [2.05, 4.69) is 30.5 Å². The predicted molar refractivity (Wildman–Crippen MR) is 58.3 cm³/mol. The zero-order chi connectivity index (χ0) is 9.84. The lowest BCUT2D eigenvalue weighted by Crippen LogP contribution is -2.41. The molecule has 0 aromatic heterocycles. The molecule has 0 saturated carbocycles. The molecular formula is C10H19NOS. The Balaban J connectivity index is 2.28. The summed E-state index contributed by atoms with van der Waals surface area (Å²) >= 11 is 2.05. The van der Waals surface area contributed by atoms with Gasteiger partial charge in [-0.3, -0.25) is 4.79 Å². The van der Waals surface area contributed by atoms with Crippen molar-refractivity contribution in [2.45, 2.75) is 37.7 Å². The Morgan fingerprint density at radius 2 is 1.92 bits per heavy atom. The number of thioether (sulfide) groups is 1. The number of rotatable bonds is 3. The van der Waals surface area contributed by atoms with Crippen molar-refractivity contribution in [3.05, 3.63) is 0 Å². The van der Waals surface area contributed by atoms with Crippen LogP contribution in [0.4, 0.5) is 0 Å². The van der Waals surface area contributed by atoms with Crippen LogP contribution >= 0.6 is 11.8 Å². The second-order valence-electron chi connectivity index (χ2n) is 3.97. The lowest BCUT2D eigenvalue weighted by molar-refractivity contribution is -0.117. The molecule has 2 unspecified atom stereocenters. The standard InChI is InChI=1S/C10H19NOS/c1-8(12)4-5-11-6-9(2)13-10(3)7-11/h9-10H,4-7H2,1-3H3. The maximum absolute atomic E-state index is 10.8. The Morgan fingerprint density at radius 1 is 1.38 bits per heavy atom. The quantitative estimate of drug-likeness (QED) is 0.694. The molecule has 0 aromatic carbocycles. The van der Waals surface area contributed by atoms with E-state index in [0.717, 1.165) is 30.1 Å². The van der Waals surface area contributed by atoms with Gasteiger partial charge in [0.15, 0.2) is 0 Å². The topological polar surface area (TPSA) is 20.3 Å². The van der Waals surface area contributed by atoms with E-state index in [1.807, 2.05) is 0 Å². The molecule has 0 radical (unpaired) electrons. The molecule has 0 amide bonds. The van der Waals surface area contributed by atoms with Crippen LogP contribution in [0.1, 0.15) is 27.2 Å². The number of hydrogen-bond donors (Lipinski definition) is 0. The Labute approximate surface area is 85.1 Å². The Morgan fingerprint density at radius 3 is 2.38 bits per heavy atom. The van der Waals surface area contributed by atoms with E-state index in [4.69, 9.17) is 0 Å². The molecular weight excluding hydrogens is 182 g/mol. The first-order valence-corrected chi connectivity index (χ1v) is 5.89. The minimum atomic E-state index is 0.304. The van der Waals surface area contributed by atoms with Gasteiger partial charge in [-0.25, -0.2) is 0 Å². The molecule has 2 nitrogen and oxygen atoms in total. The molecule has 2 atom stereocenters. The normalized spacial score (nSPS) is 30.4. The van der Waals surface area contributed by atoms with Crippen LogP contribution in [0, 0.1) is 0 Å². The summed E-state index contributed by atoms with van der Waals surface area (Å²) in [7, 11) is 0. The Bertz CT molecular complexity index is 174. The highest BCUT2D eigenvalue weighted by molar-refractivity contribution is 8.00. The summed E-state index contributed by atoms with van der Waals surface area (Å²) < 4.78 is 0. The van der Waals surface area contributed by atoms with Crippen LogP contribution in [0.25, 0.3) is 0 Å². The molecule has 0 aromatic rings. The smallest absolute Gasteiger partial charge is 0.131 e. The van der Waals surface area contributed by atoms with Gasteiger partial charge in [0.05, 0.1) is 0 Å². The van der Waals surface area contributed by atoms with Crippen molar-refractivity contribution in [1.29, 1.82) is 0 Å². The third-order valence-corrected chi connectivity index (χ3v) is 3.50. The molecule has 0 spiro atoms. The number of carbonyl (C=O) groups is 1. The fourth-order valence-electron chi connectivity index (χ4n) is 1.78. The molecule has 0 aliphatic carbocycles. The zero-order valence-corrected chi connectivity index (χ0v) is 9.56. The van der Waals surface area contributed by atoms with E-state index < -0.39 is 0 Å². The molecule has 0 N–H and O–H groups in total. The average molecular weight is 201 g/mol. The summed E-state index contributed by atoms with van der Waals surface area (Å²) in [5, 5.41) is 1.44. The van der Waals surface area contributed by atoms with Crippen LogP contribution in [-0.4, -0.2) is 40.8 Å². The van der Waals surface area contributed by atoms with E-state index in [9.17, 15) is 4.79 Å². The van der Waals surface area contributed by atoms with Crippen molar-refractivity contribution in [1.82, 2.24) is 4.90 Å². The van der Waals surface area contributed by atoms with Gasteiger partial charge in [0, 0.05) is 36.6 Å². The lowest BCUT2D eigenvalue weighted by Gasteiger charge is -2.34. The first-order valence-electron chi connectivity index (χ1n) is 4.95. The molecule has 0 bridgehead atoms. The molecule has 1 fully saturated rings. The summed E-state index contributed by atoms with van der Waals surface area (Å²) in [5.74, 6) is 0.304. The molecule has 13 heavy (non-hydrogen) atoms. The van der Waals surface area contributed by atoms with Gasteiger partial charge in [-0.15, -0.1) is 0 Å². The Hall–Kier alpha value is -0.0200. The van der Waals surface area contributed by atoms with Crippen LogP contribution in [0.2, 0.25) is 0 Å². The second kappa shape index (κ2) is 5.01. The molecule has 1 rings (SSSR count). The van der Waals surface area contributed by atoms with E-state index in [1.165, 1.54) is 0 Å². The average Bonchev–Trinajstić information content (AvgIpc) is 1.99. The zero-order valence-electron chi connectivity index (χ0n) is 8.75. The molecule has 1 aliphatic heterocycles. The number of nitrogens with zero attached hydrogens (tertiary/aromatic N) is 1. The largest absolute Gasteiger partial charge is 0.301 e. The number of carbonyl (C=O) groups excluding carboxylic acids is 1. The second-order valence-corrected chi connectivity index (χ2v) is 5.85. The van der Waals surface area contributed by atoms with E-state index in [1.54, 1.807) is 6.92 Å². The maximum atomic E-state index is 10.8. The van der Waals surface area contributed by atoms with Crippen LogP contribution in [0.3, 0.4) is 0 Å². The van der Waals surface area contributed by atoms with Crippen molar-refractivity contribution in [2.24, 2.45) is 0 Å². The predicted octanol–water partition coefficient (Wildman–Crippen LogP) is 1.79. The van der Waals surface area contributed by atoms with Crippen molar-refractivity contribution in [3.63, 3.8) is 0 Å². The van der Waals surface area contributed by atoms with Gasteiger partial charge in [-0.05, 0) is 6.92 Å². The number of Topliss-reactive ketones (excluding diaryl/α,β-unsaturated/α-hetero) is 1. The fourth-order valence-corrected chi connectivity index (χ4v) is 3.17. The van der Waals surface area contributed by atoms with Gasteiger partial charge >= 0.3 is 0 Å². The summed E-state index contributed by atoms with van der Waals surface area (Å²) in [4.78, 5) is 13.2. The fraction of sp³-hybridized carbons (Fsp3) is 0.900. The van der Waals surface area contributed by atoms with Crippen molar-refractivity contribution in [3.8, 4) is 0 Å². The Kier molecular flexibility index (Phi) is 4.26. The van der Waals surface area contributed by atoms with E-state index in [-0.39, 0.29) is 0 Å². The third kappa shape index (κ3) is 4.14.